The predicted octanol–water partition coefficient (Wildman–Crippen LogP) is 2.00. The maximum atomic E-state index is 11.8. The summed E-state index contributed by atoms with van der Waals surface area (Å²) in [6, 6.07) is 5.77. The lowest BCUT2D eigenvalue weighted by Crippen LogP contribution is -2.33. The van der Waals surface area contributed by atoms with Gasteiger partial charge in [-0.2, -0.15) is 0 Å². The summed E-state index contributed by atoms with van der Waals surface area (Å²) in [5, 5.41) is 0. The van der Waals surface area contributed by atoms with Crippen molar-refractivity contribution in [3.8, 4) is 5.75 Å². The summed E-state index contributed by atoms with van der Waals surface area (Å²) in [5.74, 6) is 0.356. The second-order valence-electron chi connectivity index (χ2n) is 4.73. The Morgan fingerprint density at radius 2 is 2.00 bits per heavy atom. The monoisotopic (exact) mass is 257 g/mol. The van der Waals surface area contributed by atoms with E-state index >= 15 is 0 Å². The average molecular weight is 257 g/mol. The van der Waals surface area contributed by atoms with Crippen molar-refractivity contribution >= 4 is 11.8 Å². The first-order chi connectivity index (χ1) is 9.20. The molecule has 1 aliphatic carbocycles. The van der Waals surface area contributed by atoms with Gasteiger partial charge in [0.1, 0.15) is 5.75 Å². The molecule has 19 heavy (non-hydrogen) atoms. The predicted molar refractivity (Wildman–Crippen MR) is 69.7 cm³/mol. The molecule has 2 amide bonds. The summed E-state index contributed by atoms with van der Waals surface area (Å²) in [4.78, 5) is 24.9. The molecule has 0 unspecified atom stereocenters. The maximum absolute atomic E-state index is 11.8. The highest BCUT2D eigenvalue weighted by molar-refractivity contribution is 6.13. The third-order valence-electron chi connectivity index (χ3n) is 3.63. The number of carbonyl (C=O) groups excluding carboxylic acids is 2. The normalized spacial score (nSPS) is 21.1. The van der Waals surface area contributed by atoms with Crippen LogP contribution in [0.5, 0.6) is 5.75 Å². The second-order valence-corrected chi connectivity index (χ2v) is 4.73. The van der Waals surface area contributed by atoms with Crippen molar-refractivity contribution in [2.24, 2.45) is 0 Å². The number of ether oxygens (including phenoxy) is 1. The second kappa shape index (κ2) is 4.53. The zero-order chi connectivity index (χ0) is 13.4. The molecule has 3 rings (SSSR count). The van der Waals surface area contributed by atoms with E-state index in [9.17, 15) is 9.59 Å². The van der Waals surface area contributed by atoms with Crippen LogP contribution >= 0.6 is 0 Å². The Morgan fingerprint density at radius 3 is 2.68 bits per heavy atom. The number of carbonyl (C=O) groups is 2. The summed E-state index contributed by atoms with van der Waals surface area (Å²) in [6.07, 6.45) is 4.37. The van der Waals surface area contributed by atoms with E-state index in [0.717, 1.165) is 24.2 Å². The number of benzene rings is 1. The van der Waals surface area contributed by atoms with Crippen LogP contribution in [-0.2, 0) is 16.0 Å². The largest absolute Gasteiger partial charge is 0.494 e. The molecular formula is C15H15NO3. The summed E-state index contributed by atoms with van der Waals surface area (Å²) in [6.45, 7) is 2.54. The molecule has 0 fully saturated rings. The Kier molecular flexibility index (Phi) is 2.85. The number of rotatable bonds is 3. The van der Waals surface area contributed by atoms with Gasteiger partial charge in [-0.25, -0.2) is 0 Å². The van der Waals surface area contributed by atoms with E-state index in [2.05, 4.69) is 0 Å². The third kappa shape index (κ3) is 1.93. The van der Waals surface area contributed by atoms with E-state index in [1.165, 1.54) is 22.6 Å². The number of fused-ring (bicyclic) bond motifs is 1. The van der Waals surface area contributed by atoms with Crippen LogP contribution in [0.3, 0.4) is 0 Å². The van der Waals surface area contributed by atoms with Gasteiger partial charge in [-0.05, 0) is 43.0 Å². The smallest absolute Gasteiger partial charge is 0.254 e. The van der Waals surface area contributed by atoms with Crippen molar-refractivity contribution < 1.29 is 14.3 Å². The molecule has 98 valence electrons. The summed E-state index contributed by atoms with van der Waals surface area (Å²) >= 11 is 0. The number of nitrogens with zero attached hydrogens (tertiary/aromatic N) is 1. The van der Waals surface area contributed by atoms with E-state index in [4.69, 9.17) is 4.74 Å². The summed E-state index contributed by atoms with van der Waals surface area (Å²) in [7, 11) is 0. The van der Waals surface area contributed by atoms with Crippen molar-refractivity contribution in [1.29, 1.82) is 0 Å². The molecule has 2 aliphatic rings. The van der Waals surface area contributed by atoms with Gasteiger partial charge < -0.3 is 4.74 Å². The number of hydrogen-bond acceptors (Lipinski definition) is 3. The molecule has 4 nitrogen and oxygen atoms in total. The zero-order valence-corrected chi connectivity index (χ0v) is 10.8. The van der Waals surface area contributed by atoms with E-state index in [0.29, 0.717) is 6.61 Å². The molecule has 1 aliphatic heterocycles. The van der Waals surface area contributed by atoms with Gasteiger partial charge in [0.2, 0.25) is 0 Å². The quantitative estimate of drug-likeness (QED) is 0.778. The fraction of sp³-hybridized carbons (Fsp3) is 0.333. The van der Waals surface area contributed by atoms with Crippen molar-refractivity contribution in [3.63, 3.8) is 0 Å². The van der Waals surface area contributed by atoms with Gasteiger partial charge in [0.25, 0.3) is 11.8 Å². The highest BCUT2D eigenvalue weighted by Gasteiger charge is 2.36. The van der Waals surface area contributed by atoms with Crippen LogP contribution < -0.4 is 4.74 Å². The molecule has 0 spiro atoms. The van der Waals surface area contributed by atoms with Crippen molar-refractivity contribution in [1.82, 2.24) is 4.90 Å². The van der Waals surface area contributed by atoms with E-state index in [1.807, 2.05) is 25.1 Å². The lowest BCUT2D eigenvalue weighted by Gasteiger charge is -2.23. The molecule has 4 heteroatoms. The van der Waals surface area contributed by atoms with Crippen LogP contribution in [-0.4, -0.2) is 23.3 Å². The molecule has 0 N–H and O–H groups in total. The number of imide groups is 1. The van der Waals surface area contributed by atoms with Gasteiger partial charge in [-0.15, -0.1) is 0 Å². The van der Waals surface area contributed by atoms with Crippen LogP contribution in [0.15, 0.2) is 30.4 Å². The van der Waals surface area contributed by atoms with E-state index in [-0.39, 0.29) is 17.9 Å². The standard InChI is InChI=1S/C15H15NO3/c1-2-19-11-5-3-10-4-6-13(12(10)9-11)16-14(17)7-8-15(16)18/h3,5,7-9,13H,2,4,6H2,1H3/t13-/m0/s1. The fourth-order valence-electron chi connectivity index (χ4n) is 2.80. The first-order valence-electron chi connectivity index (χ1n) is 6.51. The minimum Gasteiger partial charge on any atom is -0.494 e. The van der Waals surface area contributed by atoms with Crippen LogP contribution in [0.4, 0.5) is 0 Å². The van der Waals surface area contributed by atoms with Gasteiger partial charge in [0.05, 0.1) is 12.6 Å². The average Bonchev–Trinajstić information content (AvgIpc) is 2.94. The van der Waals surface area contributed by atoms with Gasteiger partial charge >= 0.3 is 0 Å². The minimum absolute atomic E-state index is 0.148. The van der Waals surface area contributed by atoms with E-state index < -0.39 is 0 Å². The highest BCUT2D eigenvalue weighted by Crippen LogP contribution is 2.38. The lowest BCUT2D eigenvalue weighted by molar-refractivity contribution is -0.139. The van der Waals surface area contributed by atoms with Crippen LogP contribution in [0.1, 0.15) is 30.5 Å². The number of aryl methyl sites for hydroxylation is 1. The first-order valence-corrected chi connectivity index (χ1v) is 6.51. The number of hydrogen-bond donors (Lipinski definition) is 0. The Hall–Kier alpha value is -2.10. The van der Waals surface area contributed by atoms with Crippen molar-refractivity contribution in [2.45, 2.75) is 25.8 Å². The van der Waals surface area contributed by atoms with Crippen LogP contribution in [0.2, 0.25) is 0 Å². The molecule has 0 saturated heterocycles. The van der Waals surface area contributed by atoms with Gasteiger partial charge in [0.15, 0.2) is 0 Å². The van der Waals surface area contributed by atoms with Crippen molar-refractivity contribution in [3.05, 3.63) is 41.5 Å². The molecule has 0 bridgehead atoms. The zero-order valence-electron chi connectivity index (χ0n) is 10.8. The summed E-state index contributed by atoms with van der Waals surface area (Å²) in [5.41, 5.74) is 2.23. The SMILES string of the molecule is CCOc1ccc2c(c1)[C@@H](N1C(=O)C=CC1=O)CC2. The van der Waals surface area contributed by atoms with Crippen LogP contribution in [0.25, 0.3) is 0 Å². The molecule has 0 aromatic heterocycles. The fourth-order valence-corrected chi connectivity index (χ4v) is 2.80. The van der Waals surface area contributed by atoms with Gasteiger partial charge in [0, 0.05) is 12.2 Å². The maximum Gasteiger partial charge on any atom is 0.254 e. The van der Waals surface area contributed by atoms with Gasteiger partial charge in [-0.1, -0.05) is 6.07 Å². The first kappa shape index (κ1) is 12.0. The molecule has 1 aromatic rings. The molecule has 1 heterocycles. The lowest BCUT2D eigenvalue weighted by atomic mass is 10.1. The summed E-state index contributed by atoms with van der Waals surface area (Å²) < 4.78 is 5.49. The molecule has 1 aromatic carbocycles. The molecule has 0 saturated carbocycles. The van der Waals surface area contributed by atoms with Gasteiger partial charge in [-0.3, -0.25) is 14.5 Å². The molecular weight excluding hydrogens is 242 g/mol. The Morgan fingerprint density at radius 1 is 1.26 bits per heavy atom. The highest BCUT2D eigenvalue weighted by atomic mass is 16.5. The molecule has 1 atom stereocenters. The minimum atomic E-state index is -0.218. The third-order valence-corrected chi connectivity index (χ3v) is 3.63. The van der Waals surface area contributed by atoms with Crippen LogP contribution in [0, 0.1) is 0 Å². The van der Waals surface area contributed by atoms with Crippen molar-refractivity contribution in [2.75, 3.05) is 6.61 Å². The topological polar surface area (TPSA) is 46.6 Å². The Bertz CT molecular complexity index is 559. The molecule has 0 radical (unpaired) electrons. The van der Waals surface area contributed by atoms with E-state index in [1.54, 1.807) is 0 Å². The Balaban J connectivity index is 1.94. The Labute approximate surface area is 111 Å². The number of amides is 2.